The summed E-state index contributed by atoms with van der Waals surface area (Å²) in [6.07, 6.45) is 3.56. The van der Waals surface area contributed by atoms with E-state index in [0.717, 1.165) is 24.8 Å². The van der Waals surface area contributed by atoms with E-state index in [4.69, 9.17) is 33.0 Å². The van der Waals surface area contributed by atoms with Crippen LogP contribution in [0.25, 0.3) is 10.9 Å². The van der Waals surface area contributed by atoms with Gasteiger partial charge in [0.25, 0.3) is 0 Å². The highest BCUT2D eigenvalue weighted by Crippen LogP contribution is 2.63. The first-order valence-corrected chi connectivity index (χ1v) is 16.0. The van der Waals surface area contributed by atoms with Gasteiger partial charge in [-0.1, -0.05) is 54.7 Å². The number of nitrogens with one attached hydrogen (secondary N) is 1. The molecule has 1 aromatic heterocycles. The Morgan fingerprint density at radius 1 is 1.16 bits per heavy atom. The van der Waals surface area contributed by atoms with Crippen molar-refractivity contribution in [2.75, 3.05) is 19.0 Å². The van der Waals surface area contributed by atoms with Gasteiger partial charge in [0.05, 0.1) is 29.3 Å². The van der Waals surface area contributed by atoms with Crippen LogP contribution < -0.4 is 5.32 Å². The van der Waals surface area contributed by atoms with Crippen molar-refractivity contribution in [3.05, 3.63) is 92.6 Å². The summed E-state index contributed by atoms with van der Waals surface area (Å²) < 4.78 is 38.1. The number of likely N-dealkylation sites (tertiary alicyclic amines) is 1. The molecule has 1 saturated carbocycles. The normalized spacial score (nSPS) is 24.4. The number of hydrogen-bond acceptors (Lipinski definition) is 5. The van der Waals surface area contributed by atoms with Crippen LogP contribution in [0.1, 0.15) is 71.7 Å². The molecular weight excluding hydrogens is 621 g/mol. The third-order valence-electron chi connectivity index (χ3n) is 9.80. The van der Waals surface area contributed by atoms with E-state index in [1.807, 2.05) is 17.7 Å². The molecule has 3 heterocycles. The Morgan fingerprint density at radius 3 is 2.64 bits per heavy atom. The number of carbonyl (C=O) groups is 2. The number of hydrogen-bond donors (Lipinski definition) is 1. The topological polar surface area (TPSA) is 76.5 Å². The first-order valence-electron chi connectivity index (χ1n) is 15.2. The standard InChI is InChI=1S/C34H32Cl2F2N4O3/c1-4-6-28-31(42-17(2)21-14-22(32(43)45-3)25(37)15-26(21)40-42)29(20-7-5-8-24(36)30(20)38)34(41(28)16-18-9-10-18)23-12-11-19(35)13-27(23)39-33(34)44/h5,7-8,11-15,18,28-29,31H,4,6,9-10,16H2,1-3H3,(H,39,44)/t28-,29-,31?,34+/m0/s1. The van der Waals surface area contributed by atoms with Crippen molar-refractivity contribution < 1.29 is 23.1 Å². The van der Waals surface area contributed by atoms with Crippen LogP contribution in [-0.2, 0) is 15.1 Å². The van der Waals surface area contributed by atoms with Gasteiger partial charge in [-0.3, -0.25) is 14.4 Å². The molecule has 3 aromatic carbocycles. The van der Waals surface area contributed by atoms with Crippen LogP contribution in [0.4, 0.5) is 14.5 Å². The molecule has 45 heavy (non-hydrogen) atoms. The summed E-state index contributed by atoms with van der Waals surface area (Å²) in [7, 11) is 1.20. The molecule has 1 aliphatic carbocycles. The van der Waals surface area contributed by atoms with Crippen LogP contribution in [0.5, 0.6) is 0 Å². The zero-order valence-electron chi connectivity index (χ0n) is 25.0. The average molecular weight is 654 g/mol. The molecule has 4 aromatic rings. The quantitative estimate of drug-likeness (QED) is 0.206. The molecule has 11 heteroatoms. The summed E-state index contributed by atoms with van der Waals surface area (Å²) >= 11 is 12.8. The number of amides is 1. The minimum Gasteiger partial charge on any atom is -0.465 e. The lowest BCUT2D eigenvalue weighted by atomic mass is 9.73. The van der Waals surface area contributed by atoms with Gasteiger partial charge in [0.15, 0.2) is 0 Å². The van der Waals surface area contributed by atoms with Gasteiger partial charge in [0.2, 0.25) is 5.91 Å². The molecule has 2 aliphatic heterocycles. The summed E-state index contributed by atoms with van der Waals surface area (Å²) in [6, 6.07) is 12.1. The van der Waals surface area contributed by atoms with Gasteiger partial charge < -0.3 is 10.1 Å². The first-order chi connectivity index (χ1) is 21.6. The number of methoxy groups -OCH3 is 1. The Bertz CT molecular complexity index is 1880. The van der Waals surface area contributed by atoms with Crippen molar-refractivity contribution in [2.24, 2.45) is 5.92 Å². The third-order valence-corrected chi connectivity index (χ3v) is 10.3. The van der Waals surface area contributed by atoms with Crippen molar-refractivity contribution in [2.45, 2.75) is 63.1 Å². The number of fused-ring (bicyclic) bond motifs is 3. The van der Waals surface area contributed by atoms with Crippen LogP contribution in [0, 0.1) is 24.5 Å². The van der Waals surface area contributed by atoms with Crippen molar-refractivity contribution >= 4 is 51.7 Å². The predicted molar refractivity (Wildman–Crippen MR) is 169 cm³/mol. The maximum atomic E-state index is 16.4. The van der Waals surface area contributed by atoms with Crippen LogP contribution in [0.2, 0.25) is 10.0 Å². The number of nitrogens with zero attached hydrogens (tertiary/aromatic N) is 3. The number of esters is 1. The molecule has 1 saturated heterocycles. The fraction of sp³-hybridized carbons (Fsp3) is 0.382. The van der Waals surface area contributed by atoms with Crippen molar-refractivity contribution in [1.29, 1.82) is 0 Å². The zero-order chi connectivity index (χ0) is 31.8. The fourth-order valence-electron chi connectivity index (χ4n) is 7.74. The van der Waals surface area contributed by atoms with Gasteiger partial charge in [0, 0.05) is 51.9 Å². The summed E-state index contributed by atoms with van der Waals surface area (Å²) in [6.45, 7) is 4.57. The summed E-state index contributed by atoms with van der Waals surface area (Å²) in [5.74, 6) is -2.80. The molecule has 0 radical (unpaired) electrons. The SMILES string of the molecule is CCC[C@H]1C(n2nc3cc(F)c(C(=O)OC)cc3c2C)[C@H](c2cccc(Cl)c2F)[C@]2(C(=O)Nc3cc(Cl)ccc32)N1CC1CC1. The highest BCUT2D eigenvalue weighted by atomic mass is 35.5. The van der Waals surface area contributed by atoms with Crippen LogP contribution in [0.3, 0.4) is 0 Å². The summed E-state index contributed by atoms with van der Waals surface area (Å²) in [5.41, 5.74) is 1.09. The lowest BCUT2D eigenvalue weighted by Crippen LogP contribution is -2.52. The maximum Gasteiger partial charge on any atom is 0.340 e. The van der Waals surface area contributed by atoms with E-state index in [2.05, 4.69) is 17.1 Å². The first kappa shape index (κ1) is 30.1. The van der Waals surface area contributed by atoms with Crippen molar-refractivity contribution in [1.82, 2.24) is 14.7 Å². The number of rotatable bonds is 7. The Balaban J connectivity index is 1.55. The zero-order valence-corrected chi connectivity index (χ0v) is 26.6. The molecule has 7 nitrogen and oxygen atoms in total. The lowest BCUT2D eigenvalue weighted by molar-refractivity contribution is -0.128. The second kappa shape index (κ2) is 11.1. The Kier molecular flexibility index (Phi) is 7.41. The van der Waals surface area contributed by atoms with Crippen LogP contribution >= 0.6 is 23.2 Å². The second-order valence-electron chi connectivity index (χ2n) is 12.3. The minimum atomic E-state index is -1.31. The molecule has 1 N–H and O–H groups in total. The highest BCUT2D eigenvalue weighted by molar-refractivity contribution is 6.31. The van der Waals surface area contributed by atoms with Gasteiger partial charge in [0.1, 0.15) is 17.2 Å². The van der Waals surface area contributed by atoms with Gasteiger partial charge >= 0.3 is 5.97 Å². The molecule has 1 amide bonds. The van der Waals surface area contributed by atoms with Gasteiger partial charge in [-0.05, 0) is 61.9 Å². The van der Waals surface area contributed by atoms with Crippen molar-refractivity contribution in [3.63, 3.8) is 0 Å². The second-order valence-corrected chi connectivity index (χ2v) is 13.2. The highest BCUT2D eigenvalue weighted by Gasteiger charge is 2.68. The van der Waals surface area contributed by atoms with Crippen LogP contribution in [0.15, 0.2) is 48.5 Å². The Hall–Kier alpha value is -3.53. The summed E-state index contributed by atoms with van der Waals surface area (Å²) in [5, 5.41) is 8.99. The van der Waals surface area contributed by atoms with E-state index in [9.17, 15) is 9.59 Å². The lowest BCUT2D eigenvalue weighted by Gasteiger charge is -2.39. The van der Waals surface area contributed by atoms with E-state index >= 15 is 8.78 Å². The monoisotopic (exact) mass is 652 g/mol. The van der Waals surface area contributed by atoms with E-state index in [-0.39, 0.29) is 22.5 Å². The number of carbonyl (C=O) groups excluding carboxylic acids is 2. The van der Waals surface area contributed by atoms with E-state index < -0.39 is 35.1 Å². The maximum absolute atomic E-state index is 16.4. The molecule has 1 spiro atoms. The number of halogens is 4. The molecule has 7 rings (SSSR count). The van der Waals surface area contributed by atoms with E-state index in [1.165, 1.54) is 25.3 Å². The molecule has 0 bridgehead atoms. The van der Waals surface area contributed by atoms with Gasteiger partial charge in [-0.25, -0.2) is 13.6 Å². The smallest absolute Gasteiger partial charge is 0.340 e. The minimum absolute atomic E-state index is 0.0454. The molecule has 234 valence electrons. The number of aryl methyl sites for hydroxylation is 1. The fourth-order valence-corrected chi connectivity index (χ4v) is 8.09. The van der Waals surface area contributed by atoms with E-state index in [0.29, 0.717) is 51.8 Å². The Labute approximate surface area is 269 Å². The molecule has 2 fully saturated rings. The molecule has 3 aliphatic rings. The summed E-state index contributed by atoms with van der Waals surface area (Å²) in [4.78, 5) is 29.3. The largest absolute Gasteiger partial charge is 0.465 e. The third kappa shape index (κ3) is 4.49. The number of ether oxygens (including phenoxy) is 1. The predicted octanol–water partition coefficient (Wildman–Crippen LogP) is 7.78. The molecular formula is C34H32Cl2F2N4O3. The van der Waals surface area contributed by atoms with Crippen molar-refractivity contribution in [3.8, 4) is 0 Å². The Morgan fingerprint density at radius 2 is 1.93 bits per heavy atom. The average Bonchev–Trinajstić information content (AvgIpc) is 3.65. The van der Waals surface area contributed by atoms with Gasteiger partial charge in [-0.2, -0.15) is 5.10 Å². The number of benzene rings is 3. The van der Waals surface area contributed by atoms with E-state index in [1.54, 1.807) is 24.3 Å². The van der Waals surface area contributed by atoms with Crippen LogP contribution in [-0.4, -0.2) is 46.3 Å². The molecule has 1 unspecified atom stereocenters. The van der Waals surface area contributed by atoms with Gasteiger partial charge in [-0.15, -0.1) is 0 Å². The molecule has 4 atom stereocenters. The number of anilines is 1. The number of aromatic nitrogens is 2.